The third-order valence-electron chi connectivity index (χ3n) is 13.9. The Morgan fingerprint density at radius 3 is 2.66 bits per heavy atom. The molecule has 3 saturated heterocycles. The number of nitrogens with one attached hydrogen (secondary N) is 1. The number of phenolic OH excluding ortho intramolecular Hbond substituents is 1. The molecule has 300 valence electrons. The second-order valence-electron chi connectivity index (χ2n) is 16.6. The van der Waals surface area contributed by atoms with E-state index in [9.17, 15) is 20.0 Å². The van der Waals surface area contributed by atoms with Gasteiger partial charge in [0.2, 0.25) is 6.79 Å². The van der Waals surface area contributed by atoms with Crippen molar-refractivity contribution in [2.45, 2.75) is 87.1 Å². The van der Waals surface area contributed by atoms with Crippen LogP contribution in [0.1, 0.15) is 82.3 Å². The van der Waals surface area contributed by atoms with Gasteiger partial charge in [0.1, 0.15) is 35.5 Å². The van der Waals surface area contributed by atoms with Crippen molar-refractivity contribution in [3.8, 4) is 40.6 Å². The molecule has 0 radical (unpaired) electrons. The molecule has 8 aliphatic rings. The summed E-state index contributed by atoms with van der Waals surface area (Å²) in [5, 5.41) is 27.3. The molecule has 0 aliphatic carbocycles. The molecule has 8 atom stereocenters. The highest BCUT2D eigenvalue weighted by Crippen LogP contribution is 2.71. The van der Waals surface area contributed by atoms with Gasteiger partial charge in [-0.3, -0.25) is 19.9 Å². The zero-order valence-corrected chi connectivity index (χ0v) is 33.7. The smallest absolute Gasteiger partial charge is 0.335 e. The summed E-state index contributed by atoms with van der Waals surface area (Å²) in [5.74, 6) is 2.10. The number of carbonyl (C=O) groups is 2. The van der Waals surface area contributed by atoms with E-state index in [-0.39, 0.29) is 30.9 Å². The second-order valence-corrected chi connectivity index (χ2v) is 17.7. The number of fused-ring (bicyclic) bond motifs is 10. The first kappa shape index (κ1) is 36.0. The molecule has 4 aromatic rings. The molecule has 12 rings (SSSR count). The number of hydrogen-bond acceptors (Lipinski definition) is 15. The Morgan fingerprint density at radius 1 is 1.09 bits per heavy atom. The molecule has 3 fully saturated rings. The fourth-order valence-electron chi connectivity index (χ4n) is 11.6. The van der Waals surface area contributed by atoms with Crippen LogP contribution in [0.3, 0.4) is 0 Å². The maximum atomic E-state index is 14.9. The number of nitrogens with zero attached hydrogens (tertiary/aromatic N) is 3. The summed E-state index contributed by atoms with van der Waals surface area (Å²) in [6.45, 7) is 7.62. The lowest BCUT2D eigenvalue weighted by Gasteiger charge is -2.66. The molecule has 1 aromatic heterocycles. The van der Waals surface area contributed by atoms with Gasteiger partial charge in [-0.2, -0.15) is 5.26 Å². The number of piperazine rings is 1. The molecule has 2 bridgehead atoms. The number of aromatic hydroxyl groups is 1. The van der Waals surface area contributed by atoms with Gasteiger partial charge in [0.05, 0.1) is 37.6 Å². The van der Waals surface area contributed by atoms with E-state index in [1.54, 1.807) is 14.2 Å². The van der Waals surface area contributed by atoms with Gasteiger partial charge in [0.15, 0.2) is 28.5 Å². The summed E-state index contributed by atoms with van der Waals surface area (Å²) in [6.07, 6.45) is 1.30. The fourth-order valence-corrected chi connectivity index (χ4v) is 13.3. The van der Waals surface area contributed by atoms with Gasteiger partial charge in [-0.15, -0.1) is 11.8 Å². The first-order valence-corrected chi connectivity index (χ1v) is 20.7. The molecular weight excluding hydrogens is 765 g/mol. The largest absolute Gasteiger partial charge is 0.504 e. The van der Waals surface area contributed by atoms with Gasteiger partial charge in [-0.25, -0.2) is 4.79 Å². The summed E-state index contributed by atoms with van der Waals surface area (Å²) in [7, 11) is 3.18. The van der Waals surface area contributed by atoms with Crippen molar-refractivity contribution in [2.24, 2.45) is 0 Å². The summed E-state index contributed by atoms with van der Waals surface area (Å²) in [6, 6.07) is 7.91. The highest BCUT2D eigenvalue weighted by atomic mass is 32.2. The monoisotopic (exact) mass is 806 g/mol. The molecule has 15 heteroatoms. The minimum Gasteiger partial charge on any atom is -0.504 e. The van der Waals surface area contributed by atoms with Crippen molar-refractivity contribution in [3.63, 3.8) is 0 Å². The van der Waals surface area contributed by atoms with Gasteiger partial charge in [-0.05, 0) is 69.0 Å². The first-order chi connectivity index (χ1) is 28.0. The SMILES string of the molecule is COc1ccc2oc3c(c2c1)CCN[C@]31CS[C@@H]2c3c(OC(C)=O)c(C)c4c(c3[C@H](COC1=O)N1C2[C@H]2c3c(cc(C)c(OC)c3O)C3(C)C[C@@H]([C@@H]1C#N)N23)OCO4. The Bertz CT molecular complexity index is 2570. The number of aryl methyl sites for hydroxylation is 1. The molecule has 2 N–H and O–H groups in total. The lowest BCUT2D eigenvalue weighted by molar-refractivity contribution is -0.187. The zero-order valence-electron chi connectivity index (χ0n) is 32.9. The third kappa shape index (κ3) is 4.33. The number of nitriles is 1. The molecule has 0 amide bonds. The number of hydrogen-bond donors (Lipinski definition) is 2. The molecule has 14 nitrogen and oxygen atoms in total. The van der Waals surface area contributed by atoms with Crippen LogP contribution in [0.25, 0.3) is 11.0 Å². The molecule has 58 heavy (non-hydrogen) atoms. The van der Waals surface area contributed by atoms with E-state index in [0.717, 1.165) is 33.2 Å². The number of methoxy groups -OCH3 is 2. The molecule has 0 saturated carbocycles. The molecule has 8 aliphatic heterocycles. The van der Waals surface area contributed by atoms with Crippen molar-refractivity contribution in [2.75, 3.05) is 39.9 Å². The van der Waals surface area contributed by atoms with Gasteiger partial charge in [-0.1, -0.05) is 0 Å². The van der Waals surface area contributed by atoms with Crippen LogP contribution in [0.2, 0.25) is 0 Å². The van der Waals surface area contributed by atoms with Crippen LogP contribution in [-0.2, 0) is 31.8 Å². The third-order valence-corrected chi connectivity index (χ3v) is 15.3. The lowest BCUT2D eigenvalue weighted by atomic mass is 9.70. The van der Waals surface area contributed by atoms with Crippen LogP contribution in [0, 0.1) is 25.2 Å². The highest BCUT2D eigenvalue weighted by Gasteiger charge is 2.71. The van der Waals surface area contributed by atoms with E-state index >= 15 is 0 Å². The van der Waals surface area contributed by atoms with E-state index in [2.05, 4.69) is 34.2 Å². The summed E-state index contributed by atoms with van der Waals surface area (Å²) in [5.41, 5.74) is 4.26. The first-order valence-electron chi connectivity index (χ1n) is 19.6. The number of benzene rings is 3. The van der Waals surface area contributed by atoms with Gasteiger partial charge in [0.25, 0.3) is 0 Å². The number of carbonyl (C=O) groups excluding carboxylic acids is 2. The number of furan rings is 1. The minimum atomic E-state index is -1.40. The maximum Gasteiger partial charge on any atom is 0.335 e. The summed E-state index contributed by atoms with van der Waals surface area (Å²) in [4.78, 5) is 32.6. The predicted molar refractivity (Wildman–Crippen MR) is 208 cm³/mol. The van der Waals surface area contributed by atoms with Crippen molar-refractivity contribution >= 4 is 34.7 Å². The fraction of sp³-hybridized carbons (Fsp3) is 0.465. The quantitative estimate of drug-likeness (QED) is 0.198. The lowest BCUT2D eigenvalue weighted by Crippen LogP contribution is -2.75. The standard InChI is InChI=1S/C43H42N4O10S/c1-18-11-24-29(34(49)35(18)52-6)32-33-39-31-30(38-37(54-17-55-38)19(2)36(31)56-20(3)48)27(46(33)26(14-44)25-13-42(24,4)47(25)32)15-53-41(50)43(16-58-39)40-22(9-10-45-43)23-12-21(51-5)7-8-28(23)57-40/h7-8,11-12,25-27,32-33,39,45,49H,9-10,13,15-17H2,1-6H3/t25-,26-,27-,32+,33?,39+,42?,43+/m0/s1. The van der Waals surface area contributed by atoms with Crippen LogP contribution in [0.5, 0.6) is 34.5 Å². The Balaban J connectivity index is 1.18. The molecular formula is C43H42N4O10S. The van der Waals surface area contributed by atoms with Crippen molar-refractivity contribution in [3.05, 3.63) is 69.0 Å². The van der Waals surface area contributed by atoms with E-state index < -0.39 is 52.4 Å². The van der Waals surface area contributed by atoms with Crippen molar-refractivity contribution in [1.82, 2.24) is 15.1 Å². The second kappa shape index (κ2) is 12.2. The van der Waals surface area contributed by atoms with Crippen LogP contribution in [-0.4, -0.2) is 84.9 Å². The Kier molecular flexibility index (Phi) is 7.57. The summed E-state index contributed by atoms with van der Waals surface area (Å²) >= 11 is 1.52. The van der Waals surface area contributed by atoms with Crippen LogP contribution in [0.15, 0.2) is 28.7 Å². The van der Waals surface area contributed by atoms with Gasteiger partial charge in [0, 0.05) is 70.0 Å². The average Bonchev–Trinajstić information content (AvgIpc) is 3.90. The average molecular weight is 807 g/mol. The molecule has 9 heterocycles. The number of esters is 2. The maximum absolute atomic E-state index is 14.9. The predicted octanol–water partition coefficient (Wildman–Crippen LogP) is 5.47. The van der Waals surface area contributed by atoms with E-state index in [1.807, 2.05) is 32.0 Å². The van der Waals surface area contributed by atoms with Crippen molar-refractivity contribution in [1.29, 1.82) is 5.26 Å². The van der Waals surface area contributed by atoms with Crippen LogP contribution < -0.4 is 29.0 Å². The topological polar surface area (TPSA) is 165 Å². The Morgan fingerprint density at radius 2 is 1.90 bits per heavy atom. The van der Waals surface area contributed by atoms with Crippen LogP contribution >= 0.6 is 11.8 Å². The molecule has 2 unspecified atom stereocenters. The zero-order chi connectivity index (χ0) is 40.2. The van der Waals surface area contributed by atoms with Crippen molar-refractivity contribution < 1.29 is 47.5 Å². The van der Waals surface area contributed by atoms with E-state index in [0.29, 0.717) is 70.6 Å². The number of ether oxygens (including phenoxy) is 6. The minimum absolute atomic E-state index is 0.0496. The van der Waals surface area contributed by atoms with E-state index in [1.165, 1.54) is 18.7 Å². The number of rotatable bonds is 3. The Labute approximate surface area is 338 Å². The normalized spacial score (nSPS) is 31.3. The van der Waals surface area contributed by atoms with Gasteiger partial charge >= 0.3 is 11.9 Å². The van der Waals surface area contributed by atoms with E-state index in [4.69, 9.17) is 32.8 Å². The summed E-state index contributed by atoms with van der Waals surface area (Å²) < 4.78 is 43.1. The molecule has 1 spiro atoms. The number of phenols is 1. The number of thioether (sulfide) groups is 1. The van der Waals surface area contributed by atoms with Crippen LogP contribution in [0.4, 0.5) is 0 Å². The Hall–Kier alpha value is -5.14. The van der Waals surface area contributed by atoms with Gasteiger partial charge < -0.3 is 37.9 Å². The highest BCUT2D eigenvalue weighted by molar-refractivity contribution is 7.99. The molecule has 3 aromatic carbocycles.